The number of rotatable bonds is 10. The van der Waals surface area contributed by atoms with E-state index in [1.807, 2.05) is 24.3 Å². The van der Waals surface area contributed by atoms with Crippen LogP contribution in [0.2, 0.25) is 10.0 Å². The zero-order chi connectivity index (χ0) is 48.9. The largest absolute Gasteiger partial charge is 0.370 e. The summed E-state index contributed by atoms with van der Waals surface area (Å²) in [4.78, 5) is 37.9. The van der Waals surface area contributed by atoms with Crippen LogP contribution in [-0.2, 0) is 20.0 Å². The average molecular weight is 1030 g/mol. The van der Waals surface area contributed by atoms with Crippen molar-refractivity contribution in [1.29, 1.82) is 0 Å². The van der Waals surface area contributed by atoms with Gasteiger partial charge >= 0.3 is 12.1 Å². The van der Waals surface area contributed by atoms with Gasteiger partial charge in [-0.05, 0) is 74.9 Å². The summed E-state index contributed by atoms with van der Waals surface area (Å²) in [5.74, 6) is 0.217. The van der Waals surface area contributed by atoms with E-state index in [4.69, 9.17) is 23.2 Å². The van der Waals surface area contributed by atoms with E-state index >= 15 is 0 Å². The second-order valence-corrected chi connectivity index (χ2v) is 22.1. The van der Waals surface area contributed by atoms with Crippen molar-refractivity contribution < 1.29 is 35.2 Å². The number of halogens is 4. The van der Waals surface area contributed by atoms with Gasteiger partial charge < -0.3 is 19.6 Å². The first-order valence-corrected chi connectivity index (χ1v) is 27.3. The Balaban J connectivity index is 0.000000201. The van der Waals surface area contributed by atoms with Gasteiger partial charge in [0, 0.05) is 115 Å². The zero-order valence-electron chi connectivity index (χ0n) is 38.6. The maximum Gasteiger partial charge on any atom is 0.344 e. The molecule has 372 valence electrons. The first-order chi connectivity index (χ1) is 32.2. The normalized spacial score (nSPS) is 19.3. The van der Waals surface area contributed by atoms with Gasteiger partial charge in [0.25, 0.3) is 0 Å². The van der Waals surface area contributed by atoms with Crippen molar-refractivity contribution in [3.63, 3.8) is 0 Å². The summed E-state index contributed by atoms with van der Waals surface area (Å²) in [6.45, 7) is 11.8. The second-order valence-electron chi connectivity index (χ2n) is 17.7. The number of benzene rings is 2. The Morgan fingerprint density at radius 3 is 1.24 bits per heavy atom. The molecular formula is C44H60Cl2F2N12O6S2. The minimum absolute atomic E-state index is 0.109. The SMILES string of the molecule is CC(c1ccc(Cl)c(N2CCC(F)CC2)c1)N1CCN(C(=O)n2ccc(NS(C)(=O)=O)n2)CC1.C[C@@H](c1ccc(Cl)c(N2CCC(F)CC2)c1)N1CCN(C(=O)n2ccc(NS(C)(=O)=O)n2)CC1. The molecule has 2 aromatic carbocycles. The van der Waals surface area contributed by atoms with E-state index in [0.29, 0.717) is 114 Å². The molecule has 68 heavy (non-hydrogen) atoms. The second kappa shape index (κ2) is 21.9. The highest BCUT2D eigenvalue weighted by Gasteiger charge is 2.30. The van der Waals surface area contributed by atoms with Crippen molar-refractivity contribution in [3.8, 4) is 0 Å². The summed E-state index contributed by atoms with van der Waals surface area (Å²) in [6, 6.07) is 14.6. The van der Waals surface area contributed by atoms with Gasteiger partial charge in [-0.1, -0.05) is 35.3 Å². The van der Waals surface area contributed by atoms with Crippen LogP contribution in [0.3, 0.4) is 0 Å². The molecule has 2 aromatic heterocycles. The van der Waals surface area contributed by atoms with Gasteiger partial charge in [-0.2, -0.15) is 9.36 Å². The van der Waals surface area contributed by atoms with E-state index in [0.717, 1.165) is 44.4 Å². The van der Waals surface area contributed by atoms with Crippen LogP contribution in [0.1, 0.15) is 62.7 Å². The van der Waals surface area contributed by atoms with E-state index in [2.05, 4.69) is 65.2 Å². The topological polar surface area (TPSA) is 182 Å². The lowest BCUT2D eigenvalue weighted by Gasteiger charge is -2.38. The number of carbonyl (C=O) groups is 2. The van der Waals surface area contributed by atoms with Crippen molar-refractivity contribution in [1.82, 2.24) is 39.2 Å². The van der Waals surface area contributed by atoms with Crippen molar-refractivity contribution in [3.05, 3.63) is 82.1 Å². The third-order valence-electron chi connectivity index (χ3n) is 12.9. The van der Waals surface area contributed by atoms with E-state index in [1.165, 1.54) is 24.5 Å². The number of anilines is 4. The van der Waals surface area contributed by atoms with Crippen LogP contribution in [0, 0.1) is 0 Å². The summed E-state index contributed by atoms with van der Waals surface area (Å²) < 4.78 is 79.4. The van der Waals surface area contributed by atoms with Crippen LogP contribution < -0.4 is 19.2 Å². The number of hydrogen-bond donors (Lipinski definition) is 2. The minimum Gasteiger partial charge on any atom is -0.370 e. The zero-order valence-corrected chi connectivity index (χ0v) is 41.8. The molecule has 4 aliphatic rings. The fourth-order valence-corrected chi connectivity index (χ4v) is 10.4. The van der Waals surface area contributed by atoms with Crippen molar-refractivity contribution in [2.24, 2.45) is 0 Å². The molecule has 0 bridgehead atoms. The Hall–Kier alpha value is -4.74. The standard InChI is InChI=1S/2C22H30ClFN6O3S/c2*1-16(17-3-4-19(23)20(15-17)28-8-5-18(24)6-9-28)27-11-13-29(14-12-27)22(31)30-10-7-21(25-30)26-34(2,32)33/h2*3-4,7,10,15-16,18H,5-6,8-9,11-14H2,1-2H3,(H,25,26)/t16-;/m0./s1. The molecule has 4 saturated heterocycles. The number of carbonyl (C=O) groups excluding carboxylic acids is 2. The number of aromatic nitrogens is 4. The summed E-state index contributed by atoms with van der Waals surface area (Å²) in [6.07, 6.45) is 5.58. The number of alkyl halides is 2. The van der Waals surface area contributed by atoms with Crippen LogP contribution in [0.5, 0.6) is 0 Å². The Morgan fingerprint density at radius 1 is 0.574 bits per heavy atom. The lowest BCUT2D eigenvalue weighted by Crippen LogP contribution is -2.50. The smallest absolute Gasteiger partial charge is 0.344 e. The molecule has 2 amide bonds. The maximum absolute atomic E-state index is 13.6. The number of hydrogen-bond acceptors (Lipinski definition) is 12. The highest BCUT2D eigenvalue weighted by molar-refractivity contribution is 7.92. The van der Waals surface area contributed by atoms with E-state index in [9.17, 15) is 35.2 Å². The first kappa shape index (κ1) is 51.1. The lowest BCUT2D eigenvalue weighted by atomic mass is 10.0. The first-order valence-electron chi connectivity index (χ1n) is 22.7. The average Bonchev–Trinajstić information content (AvgIpc) is 3.98. The highest BCUT2D eigenvalue weighted by atomic mass is 35.5. The fourth-order valence-electron chi connectivity index (χ4n) is 8.90. The molecule has 0 spiro atoms. The van der Waals surface area contributed by atoms with Gasteiger partial charge in [0.2, 0.25) is 20.0 Å². The Morgan fingerprint density at radius 2 is 0.912 bits per heavy atom. The molecule has 0 aliphatic carbocycles. The van der Waals surface area contributed by atoms with Crippen molar-refractivity contribution in [2.45, 2.75) is 64.0 Å². The van der Waals surface area contributed by atoms with Crippen molar-refractivity contribution >= 4 is 78.3 Å². The van der Waals surface area contributed by atoms with Crippen LogP contribution in [-0.4, -0.2) is 171 Å². The lowest BCUT2D eigenvalue weighted by molar-refractivity contribution is 0.113. The summed E-state index contributed by atoms with van der Waals surface area (Å²) in [5, 5.41) is 9.39. The predicted octanol–water partition coefficient (Wildman–Crippen LogP) is 6.39. The Bertz CT molecular complexity index is 2430. The highest BCUT2D eigenvalue weighted by Crippen LogP contribution is 2.35. The number of nitrogens with zero attached hydrogens (tertiary/aromatic N) is 10. The molecule has 4 aromatic rings. The molecule has 6 heterocycles. The van der Waals surface area contributed by atoms with Gasteiger partial charge in [0.1, 0.15) is 12.3 Å². The maximum atomic E-state index is 13.6. The summed E-state index contributed by atoms with van der Waals surface area (Å²) in [7, 11) is -6.92. The molecule has 0 radical (unpaired) electrons. The molecule has 4 aliphatic heterocycles. The van der Waals surface area contributed by atoms with Crippen LogP contribution in [0.15, 0.2) is 60.9 Å². The third-order valence-corrected chi connectivity index (χ3v) is 14.6. The van der Waals surface area contributed by atoms with Crippen molar-refractivity contribution in [2.75, 3.05) is 110 Å². The quantitative estimate of drug-likeness (QED) is 0.179. The Labute approximate surface area is 407 Å². The number of piperidine rings is 2. The molecular weight excluding hydrogens is 966 g/mol. The number of nitrogens with one attached hydrogen (secondary N) is 2. The molecule has 4 fully saturated rings. The van der Waals surface area contributed by atoms with E-state index < -0.39 is 32.4 Å². The monoisotopic (exact) mass is 1020 g/mol. The van der Waals surface area contributed by atoms with Gasteiger partial charge in [0.05, 0.1) is 33.9 Å². The Kier molecular flexibility index (Phi) is 16.5. The molecule has 8 rings (SSSR count). The van der Waals surface area contributed by atoms with Crippen LogP contribution >= 0.6 is 23.2 Å². The van der Waals surface area contributed by atoms with Gasteiger partial charge in [-0.15, -0.1) is 10.2 Å². The summed E-state index contributed by atoms with van der Waals surface area (Å²) in [5.41, 5.74) is 4.16. The third kappa shape index (κ3) is 13.3. The van der Waals surface area contributed by atoms with Crippen LogP contribution in [0.4, 0.5) is 41.4 Å². The number of sulfonamides is 2. The number of amides is 2. The van der Waals surface area contributed by atoms with Crippen LogP contribution in [0.25, 0.3) is 0 Å². The molecule has 0 saturated carbocycles. The molecule has 2 atom stereocenters. The minimum atomic E-state index is -3.46. The number of piperazine rings is 2. The van der Waals surface area contributed by atoms with Gasteiger partial charge in [-0.25, -0.2) is 35.2 Å². The van der Waals surface area contributed by atoms with E-state index in [1.54, 1.807) is 9.80 Å². The van der Waals surface area contributed by atoms with E-state index in [-0.39, 0.29) is 35.8 Å². The molecule has 1 unspecified atom stereocenters. The molecule has 2 N–H and O–H groups in total. The van der Waals surface area contributed by atoms with Gasteiger partial charge in [-0.3, -0.25) is 19.2 Å². The fraction of sp³-hybridized carbons (Fsp3) is 0.545. The predicted molar refractivity (Wildman–Crippen MR) is 262 cm³/mol. The molecule has 18 nitrogen and oxygen atoms in total. The molecule has 24 heteroatoms. The summed E-state index contributed by atoms with van der Waals surface area (Å²) >= 11 is 12.9. The van der Waals surface area contributed by atoms with Gasteiger partial charge in [0.15, 0.2) is 11.6 Å².